The summed E-state index contributed by atoms with van der Waals surface area (Å²) in [5.41, 5.74) is 3.56. The van der Waals surface area contributed by atoms with Crippen LogP contribution in [0.4, 0.5) is 0 Å². The molecule has 0 bridgehead atoms. The SMILES string of the molecule is C=C=Cc1cc(Cl)cc(Cl)c1. The van der Waals surface area contributed by atoms with Gasteiger partial charge in [-0.3, -0.25) is 0 Å². The molecule has 0 aliphatic carbocycles. The summed E-state index contributed by atoms with van der Waals surface area (Å²) in [7, 11) is 0. The van der Waals surface area contributed by atoms with Crippen LogP contribution in [0.5, 0.6) is 0 Å². The van der Waals surface area contributed by atoms with E-state index in [0.717, 1.165) is 5.56 Å². The molecule has 11 heavy (non-hydrogen) atoms. The van der Waals surface area contributed by atoms with Gasteiger partial charge < -0.3 is 0 Å². The molecule has 0 aliphatic rings. The lowest BCUT2D eigenvalue weighted by Gasteiger charge is -1.94. The Hall–Kier alpha value is -0.680. The van der Waals surface area contributed by atoms with Gasteiger partial charge in [0, 0.05) is 10.0 Å². The Morgan fingerprint density at radius 2 is 1.73 bits per heavy atom. The van der Waals surface area contributed by atoms with E-state index >= 15 is 0 Å². The summed E-state index contributed by atoms with van der Waals surface area (Å²) in [5.74, 6) is 0. The normalized spacial score (nSPS) is 8.91. The summed E-state index contributed by atoms with van der Waals surface area (Å²) in [4.78, 5) is 0. The molecule has 0 aliphatic heterocycles. The molecule has 0 unspecified atom stereocenters. The molecular weight excluding hydrogens is 179 g/mol. The zero-order valence-corrected chi connectivity index (χ0v) is 7.28. The van der Waals surface area contributed by atoms with Gasteiger partial charge in [-0.25, -0.2) is 0 Å². The van der Waals surface area contributed by atoms with Gasteiger partial charge >= 0.3 is 0 Å². The van der Waals surface area contributed by atoms with Crippen LogP contribution in [0.1, 0.15) is 5.56 Å². The van der Waals surface area contributed by atoms with Crippen molar-refractivity contribution in [2.45, 2.75) is 0 Å². The fourth-order valence-corrected chi connectivity index (χ4v) is 1.32. The molecule has 56 valence electrons. The van der Waals surface area contributed by atoms with Crippen LogP contribution in [0, 0.1) is 0 Å². The van der Waals surface area contributed by atoms with Gasteiger partial charge in [0.1, 0.15) is 0 Å². The summed E-state index contributed by atoms with van der Waals surface area (Å²) in [6.07, 6.45) is 1.72. The van der Waals surface area contributed by atoms with Gasteiger partial charge in [-0.2, -0.15) is 0 Å². The zero-order chi connectivity index (χ0) is 8.27. The molecule has 0 heterocycles. The minimum Gasteiger partial charge on any atom is -0.128 e. The van der Waals surface area contributed by atoms with E-state index < -0.39 is 0 Å². The lowest BCUT2D eigenvalue weighted by Crippen LogP contribution is -1.71. The average Bonchev–Trinajstić information content (AvgIpc) is 1.85. The van der Waals surface area contributed by atoms with Gasteiger partial charge in [-0.05, 0) is 29.8 Å². The molecule has 0 fully saturated rings. The smallest absolute Gasteiger partial charge is 0.0426 e. The molecule has 0 saturated heterocycles. The summed E-state index contributed by atoms with van der Waals surface area (Å²) in [6, 6.07) is 5.28. The lowest BCUT2D eigenvalue weighted by atomic mass is 10.2. The van der Waals surface area contributed by atoms with Gasteiger partial charge in [-0.15, -0.1) is 5.73 Å². The highest BCUT2D eigenvalue weighted by Crippen LogP contribution is 2.19. The Morgan fingerprint density at radius 1 is 1.18 bits per heavy atom. The minimum absolute atomic E-state index is 0.624. The second-order valence-corrected chi connectivity index (χ2v) is 2.92. The van der Waals surface area contributed by atoms with E-state index in [4.69, 9.17) is 23.2 Å². The fourth-order valence-electron chi connectivity index (χ4n) is 0.776. The molecule has 0 radical (unpaired) electrons. The van der Waals surface area contributed by atoms with E-state index in [9.17, 15) is 0 Å². The van der Waals surface area contributed by atoms with Crippen molar-refractivity contribution in [3.05, 3.63) is 46.1 Å². The van der Waals surface area contributed by atoms with Crippen molar-refractivity contribution in [2.24, 2.45) is 0 Å². The van der Waals surface area contributed by atoms with E-state index in [0.29, 0.717) is 10.0 Å². The van der Waals surface area contributed by atoms with Crippen molar-refractivity contribution in [2.75, 3.05) is 0 Å². The van der Waals surface area contributed by atoms with Crippen molar-refractivity contribution in [1.29, 1.82) is 0 Å². The topological polar surface area (TPSA) is 0 Å². The largest absolute Gasteiger partial charge is 0.128 e. The van der Waals surface area contributed by atoms with Crippen molar-refractivity contribution in [3.8, 4) is 0 Å². The Labute approximate surface area is 75.8 Å². The molecule has 0 amide bonds. The number of rotatable bonds is 1. The van der Waals surface area contributed by atoms with Crippen LogP contribution >= 0.6 is 23.2 Å². The van der Waals surface area contributed by atoms with Crippen molar-refractivity contribution >= 4 is 29.3 Å². The Morgan fingerprint density at radius 3 is 2.18 bits per heavy atom. The van der Waals surface area contributed by atoms with E-state index in [1.165, 1.54) is 0 Å². The van der Waals surface area contributed by atoms with E-state index in [1.807, 2.05) is 0 Å². The minimum atomic E-state index is 0.624. The molecule has 0 atom stereocenters. The first-order valence-electron chi connectivity index (χ1n) is 3.04. The molecule has 1 aromatic rings. The van der Waals surface area contributed by atoms with Crippen LogP contribution in [0.15, 0.2) is 30.5 Å². The molecule has 0 spiro atoms. The monoisotopic (exact) mass is 184 g/mol. The number of hydrogen-bond acceptors (Lipinski definition) is 0. The van der Waals surface area contributed by atoms with Crippen molar-refractivity contribution in [3.63, 3.8) is 0 Å². The molecule has 2 heteroatoms. The van der Waals surface area contributed by atoms with Crippen molar-refractivity contribution in [1.82, 2.24) is 0 Å². The van der Waals surface area contributed by atoms with Gasteiger partial charge in [0.05, 0.1) is 0 Å². The maximum Gasteiger partial charge on any atom is 0.0426 e. The van der Waals surface area contributed by atoms with Crippen LogP contribution in [-0.4, -0.2) is 0 Å². The molecule has 0 aromatic heterocycles. The van der Waals surface area contributed by atoms with E-state index in [2.05, 4.69) is 12.3 Å². The zero-order valence-electron chi connectivity index (χ0n) is 5.77. The maximum absolute atomic E-state index is 5.73. The second-order valence-electron chi connectivity index (χ2n) is 2.05. The van der Waals surface area contributed by atoms with Gasteiger partial charge in [0.25, 0.3) is 0 Å². The van der Waals surface area contributed by atoms with E-state index in [1.54, 1.807) is 24.3 Å². The van der Waals surface area contributed by atoms with Gasteiger partial charge in [0.15, 0.2) is 0 Å². The first kappa shape index (κ1) is 8.42. The highest BCUT2D eigenvalue weighted by atomic mass is 35.5. The van der Waals surface area contributed by atoms with Crippen LogP contribution in [0.25, 0.3) is 6.08 Å². The summed E-state index contributed by atoms with van der Waals surface area (Å²) in [6.45, 7) is 3.45. The first-order chi connectivity index (χ1) is 5.22. The summed E-state index contributed by atoms with van der Waals surface area (Å²) < 4.78 is 0. The Bertz CT molecular complexity index is 289. The first-order valence-corrected chi connectivity index (χ1v) is 3.80. The van der Waals surface area contributed by atoms with Crippen LogP contribution in [0.3, 0.4) is 0 Å². The quantitative estimate of drug-likeness (QED) is 0.583. The van der Waals surface area contributed by atoms with Crippen LogP contribution in [-0.2, 0) is 0 Å². The Kier molecular flexibility index (Phi) is 2.78. The number of hydrogen-bond donors (Lipinski definition) is 0. The standard InChI is InChI=1S/C9H6Cl2/c1-2-3-7-4-8(10)6-9(11)5-7/h3-6H,1H2. The lowest BCUT2D eigenvalue weighted by molar-refractivity contribution is 1.66. The third-order valence-electron chi connectivity index (χ3n) is 1.15. The summed E-state index contributed by atoms with van der Waals surface area (Å²) in [5, 5.41) is 1.25. The van der Waals surface area contributed by atoms with Crippen molar-refractivity contribution < 1.29 is 0 Å². The molecular formula is C9H6Cl2. The molecule has 1 aromatic carbocycles. The molecule has 0 N–H and O–H groups in total. The fraction of sp³-hybridized carbons (Fsp3) is 0. The average molecular weight is 185 g/mol. The predicted octanol–water partition coefficient (Wildman–Crippen LogP) is 3.79. The number of halogens is 2. The van der Waals surface area contributed by atoms with Crippen LogP contribution in [0.2, 0.25) is 10.0 Å². The third-order valence-corrected chi connectivity index (χ3v) is 1.59. The molecule has 1 rings (SSSR count). The highest BCUT2D eigenvalue weighted by Gasteiger charge is 1.93. The third kappa shape index (κ3) is 2.44. The van der Waals surface area contributed by atoms with Gasteiger partial charge in [-0.1, -0.05) is 29.8 Å². The highest BCUT2D eigenvalue weighted by molar-refractivity contribution is 6.34. The molecule has 0 nitrogen and oxygen atoms in total. The number of benzene rings is 1. The second kappa shape index (κ2) is 3.64. The van der Waals surface area contributed by atoms with E-state index in [-0.39, 0.29) is 0 Å². The summed E-state index contributed by atoms with van der Waals surface area (Å²) >= 11 is 11.5. The van der Waals surface area contributed by atoms with Crippen LogP contribution < -0.4 is 0 Å². The van der Waals surface area contributed by atoms with Gasteiger partial charge in [0.2, 0.25) is 0 Å². The predicted molar refractivity (Wildman–Crippen MR) is 50.1 cm³/mol. The molecule has 0 saturated carbocycles. The Balaban J connectivity index is 3.18. The maximum atomic E-state index is 5.73.